The molecule has 0 saturated carbocycles. The summed E-state index contributed by atoms with van der Waals surface area (Å²) in [6, 6.07) is 1.70. The molecule has 0 unspecified atom stereocenters. The van der Waals surface area contributed by atoms with Gasteiger partial charge in [0.2, 0.25) is 0 Å². The highest BCUT2D eigenvalue weighted by atomic mass is 19.3. The Morgan fingerprint density at radius 1 is 1.70 bits per heavy atom. The molecule has 0 aliphatic heterocycles. The zero-order valence-corrected chi connectivity index (χ0v) is 5.41. The first-order valence-corrected chi connectivity index (χ1v) is 2.81. The van der Waals surface area contributed by atoms with Crippen LogP contribution in [0.4, 0.5) is 8.78 Å². The second-order valence-corrected chi connectivity index (χ2v) is 2.10. The number of rotatable bonds is 1. The molecule has 10 heavy (non-hydrogen) atoms. The minimum Gasteiger partial charge on any atom is -0.386 e. The van der Waals surface area contributed by atoms with Crippen LogP contribution in [0.1, 0.15) is 6.42 Å². The van der Waals surface area contributed by atoms with Gasteiger partial charge in [0.1, 0.15) is 0 Å². The molecule has 0 heterocycles. The summed E-state index contributed by atoms with van der Waals surface area (Å²) in [5.41, 5.74) is -0.0671. The number of nitriles is 1. The summed E-state index contributed by atoms with van der Waals surface area (Å²) < 4.78 is 24.7. The zero-order valence-electron chi connectivity index (χ0n) is 5.41. The van der Waals surface area contributed by atoms with Gasteiger partial charge in [-0.25, -0.2) is 0 Å². The van der Waals surface area contributed by atoms with Crippen LogP contribution in [0.5, 0.6) is 0 Å². The van der Waals surface area contributed by atoms with E-state index in [1.807, 2.05) is 0 Å². The van der Waals surface area contributed by atoms with Crippen LogP contribution in [-0.4, -0.2) is 13.0 Å². The molecule has 0 fully saturated rings. The van der Waals surface area contributed by atoms with Crippen molar-refractivity contribution in [2.45, 2.75) is 12.3 Å². The monoisotopic (exact) mass is 144 g/mol. The Hall–Kier alpha value is -1.11. The minimum absolute atomic E-state index is 0.160. The quantitative estimate of drug-likeness (QED) is 0.596. The molecule has 0 aromatic heterocycles. The molecule has 1 rings (SSSR count). The molecule has 1 aliphatic rings. The Labute approximate surface area is 57.1 Å². The maximum atomic E-state index is 12.4. The van der Waals surface area contributed by atoms with Crippen molar-refractivity contribution in [3.8, 4) is 6.07 Å². The molecule has 2 nitrogen and oxygen atoms in total. The summed E-state index contributed by atoms with van der Waals surface area (Å²) in [7, 11) is 1.39. The van der Waals surface area contributed by atoms with Gasteiger partial charge in [-0.1, -0.05) is 0 Å². The lowest BCUT2D eigenvalue weighted by Crippen LogP contribution is -2.38. The van der Waals surface area contributed by atoms with Crippen molar-refractivity contribution < 1.29 is 8.78 Å². The van der Waals surface area contributed by atoms with Crippen LogP contribution in [-0.2, 0) is 0 Å². The molecule has 0 aromatic rings. The van der Waals surface area contributed by atoms with Crippen molar-refractivity contribution in [1.29, 1.82) is 5.26 Å². The number of hydrogen-bond acceptors (Lipinski definition) is 2. The van der Waals surface area contributed by atoms with Gasteiger partial charge in [0, 0.05) is 7.05 Å². The van der Waals surface area contributed by atoms with Crippen molar-refractivity contribution >= 4 is 0 Å². The first-order valence-electron chi connectivity index (χ1n) is 2.81. The molecule has 1 N–H and O–H groups in total. The van der Waals surface area contributed by atoms with Crippen molar-refractivity contribution in [3.05, 3.63) is 11.3 Å². The van der Waals surface area contributed by atoms with E-state index in [2.05, 4.69) is 5.32 Å². The van der Waals surface area contributed by atoms with Crippen LogP contribution in [0.2, 0.25) is 0 Å². The normalized spacial score (nSPS) is 21.4. The number of hydrogen-bond donors (Lipinski definition) is 1. The summed E-state index contributed by atoms with van der Waals surface area (Å²) in [5.74, 6) is -2.79. The van der Waals surface area contributed by atoms with Gasteiger partial charge in [-0.3, -0.25) is 0 Å². The van der Waals surface area contributed by atoms with Gasteiger partial charge < -0.3 is 5.32 Å². The number of nitrogens with zero attached hydrogens (tertiary/aromatic N) is 1. The fraction of sp³-hybridized carbons (Fsp3) is 0.500. The molecule has 0 spiro atoms. The van der Waals surface area contributed by atoms with E-state index >= 15 is 0 Å². The maximum Gasteiger partial charge on any atom is 0.292 e. The van der Waals surface area contributed by atoms with E-state index in [4.69, 9.17) is 5.26 Å². The Kier molecular flexibility index (Phi) is 1.36. The van der Waals surface area contributed by atoms with E-state index in [0.29, 0.717) is 0 Å². The van der Waals surface area contributed by atoms with E-state index in [0.717, 1.165) is 0 Å². The summed E-state index contributed by atoms with van der Waals surface area (Å²) in [4.78, 5) is 0. The SMILES string of the molecule is CNC1=C(C#N)CC1(F)F. The van der Waals surface area contributed by atoms with Crippen LogP contribution < -0.4 is 5.32 Å². The maximum absolute atomic E-state index is 12.4. The third kappa shape index (κ3) is 0.747. The Morgan fingerprint density at radius 2 is 2.30 bits per heavy atom. The van der Waals surface area contributed by atoms with Crippen molar-refractivity contribution in [2.75, 3.05) is 7.05 Å². The molecule has 4 heteroatoms. The molecule has 0 radical (unpaired) electrons. The highest BCUT2D eigenvalue weighted by Gasteiger charge is 2.46. The summed E-state index contributed by atoms with van der Waals surface area (Å²) >= 11 is 0. The Morgan fingerprint density at radius 3 is 2.50 bits per heavy atom. The van der Waals surface area contributed by atoms with E-state index in [9.17, 15) is 8.78 Å². The van der Waals surface area contributed by atoms with Crippen LogP contribution in [0, 0.1) is 11.3 Å². The number of nitrogens with one attached hydrogen (secondary N) is 1. The highest BCUT2D eigenvalue weighted by Crippen LogP contribution is 2.40. The van der Waals surface area contributed by atoms with Crippen LogP contribution in [0.25, 0.3) is 0 Å². The number of halogens is 2. The van der Waals surface area contributed by atoms with Crippen molar-refractivity contribution in [1.82, 2.24) is 5.32 Å². The fourth-order valence-corrected chi connectivity index (χ4v) is 0.942. The van der Waals surface area contributed by atoms with Gasteiger partial charge in [-0.15, -0.1) is 0 Å². The van der Waals surface area contributed by atoms with Gasteiger partial charge >= 0.3 is 0 Å². The van der Waals surface area contributed by atoms with Gasteiger partial charge in [-0.2, -0.15) is 14.0 Å². The predicted molar refractivity (Wildman–Crippen MR) is 31.3 cm³/mol. The molecule has 0 saturated heterocycles. The van der Waals surface area contributed by atoms with E-state index < -0.39 is 12.3 Å². The second kappa shape index (κ2) is 1.94. The Bertz CT molecular complexity index is 224. The topological polar surface area (TPSA) is 35.8 Å². The average molecular weight is 144 g/mol. The molecular weight excluding hydrogens is 138 g/mol. The number of alkyl halides is 2. The van der Waals surface area contributed by atoms with E-state index in [1.165, 1.54) is 7.05 Å². The van der Waals surface area contributed by atoms with Gasteiger partial charge in [-0.05, 0) is 0 Å². The smallest absolute Gasteiger partial charge is 0.292 e. The lowest BCUT2D eigenvalue weighted by atomic mass is 9.91. The van der Waals surface area contributed by atoms with Crippen molar-refractivity contribution in [2.24, 2.45) is 0 Å². The largest absolute Gasteiger partial charge is 0.386 e. The molecular formula is C6H6F2N2. The van der Waals surface area contributed by atoms with Gasteiger partial charge in [0.05, 0.1) is 23.8 Å². The Balaban J connectivity index is 2.88. The molecule has 54 valence electrons. The standard InChI is InChI=1S/C6H6F2N2/c1-10-5-4(3-9)2-6(5,7)8/h10H,2H2,1H3. The lowest BCUT2D eigenvalue weighted by Gasteiger charge is -2.28. The van der Waals surface area contributed by atoms with Crippen LogP contribution in [0.15, 0.2) is 11.3 Å². The minimum atomic E-state index is -2.79. The van der Waals surface area contributed by atoms with Crippen LogP contribution >= 0.6 is 0 Å². The average Bonchev–Trinajstić information content (AvgIpc) is 1.84. The molecule has 0 aromatic carbocycles. The first-order chi connectivity index (χ1) is 4.61. The summed E-state index contributed by atoms with van der Waals surface area (Å²) in [6.45, 7) is 0. The highest BCUT2D eigenvalue weighted by molar-refractivity contribution is 5.41. The van der Waals surface area contributed by atoms with Gasteiger partial charge in [0.25, 0.3) is 5.92 Å². The third-order valence-corrected chi connectivity index (χ3v) is 1.45. The van der Waals surface area contributed by atoms with E-state index in [1.54, 1.807) is 6.07 Å². The molecule has 0 amide bonds. The zero-order chi connectivity index (χ0) is 7.78. The molecule has 1 aliphatic carbocycles. The van der Waals surface area contributed by atoms with Gasteiger partial charge in [0.15, 0.2) is 0 Å². The molecule has 0 bridgehead atoms. The lowest BCUT2D eigenvalue weighted by molar-refractivity contribution is 0.0130. The first kappa shape index (κ1) is 7.00. The van der Waals surface area contributed by atoms with Crippen LogP contribution in [0.3, 0.4) is 0 Å². The predicted octanol–water partition coefficient (Wildman–Crippen LogP) is 1.02. The third-order valence-electron chi connectivity index (χ3n) is 1.45. The summed E-state index contributed by atoms with van der Waals surface area (Å²) in [5, 5.41) is 10.5. The summed E-state index contributed by atoms with van der Waals surface area (Å²) in [6.07, 6.45) is -0.417. The van der Waals surface area contributed by atoms with E-state index in [-0.39, 0.29) is 11.3 Å². The van der Waals surface area contributed by atoms with Crippen molar-refractivity contribution in [3.63, 3.8) is 0 Å². The fourth-order valence-electron chi connectivity index (χ4n) is 0.942. The second-order valence-electron chi connectivity index (χ2n) is 2.10. The molecule has 0 atom stereocenters. The number of allylic oxidation sites excluding steroid dienone is 2.